The van der Waals surface area contributed by atoms with Crippen LogP contribution in [0.2, 0.25) is 0 Å². The van der Waals surface area contributed by atoms with E-state index in [1.807, 2.05) is 0 Å². The Hall–Kier alpha value is -2.08. The van der Waals surface area contributed by atoms with Crippen molar-refractivity contribution in [3.05, 3.63) is 95.8 Å². The third kappa shape index (κ3) is 4.74. The van der Waals surface area contributed by atoms with Crippen LogP contribution >= 0.6 is 0 Å². The van der Waals surface area contributed by atoms with Crippen LogP contribution in [0.3, 0.4) is 0 Å². The second-order valence-corrected chi connectivity index (χ2v) is 9.74. The van der Waals surface area contributed by atoms with Crippen LogP contribution in [-0.2, 0) is 26.6 Å². The molecule has 6 nitrogen and oxygen atoms in total. The van der Waals surface area contributed by atoms with Gasteiger partial charge in [-0.05, 0) is 35.9 Å². The van der Waals surface area contributed by atoms with Crippen LogP contribution in [0, 0.1) is 0 Å². The molecule has 0 N–H and O–H groups in total. The van der Waals surface area contributed by atoms with Crippen molar-refractivity contribution in [2.75, 3.05) is 10.8 Å². The molecular formula is C20H19LiN2O4S2. The minimum atomic E-state index is -4.40. The van der Waals surface area contributed by atoms with Crippen molar-refractivity contribution in [1.29, 1.82) is 0 Å². The van der Waals surface area contributed by atoms with Crippen LogP contribution in [0.4, 0.5) is 5.69 Å². The maximum atomic E-state index is 13.4. The fourth-order valence-electron chi connectivity index (χ4n) is 2.76. The molecule has 0 aromatic heterocycles. The zero-order valence-corrected chi connectivity index (χ0v) is 17.8. The van der Waals surface area contributed by atoms with Gasteiger partial charge in [-0.1, -0.05) is 54.6 Å². The number of sulfonamides is 2. The monoisotopic (exact) mass is 422 g/mol. The van der Waals surface area contributed by atoms with Gasteiger partial charge in [0.15, 0.2) is 0 Å². The number of benzene rings is 3. The summed E-state index contributed by atoms with van der Waals surface area (Å²) in [4.78, 5) is -0.226. The second-order valence-electron chi connectivity index (χ2n) is 5.94. The molecular weight excluding hydrogens is 403 g/mol. The first kappa shape index (κ1) is 23.2. The van der Waals surface area contributed by atoms with Crippen LogP contribution in [-0.4, -0.2) is 23.9 Å². The van der Waals surface area contributed by atoms with Gasteiger partial charge in [-0.25, -0.2) is 16.8 Å². The molecule has 0 spiro atoms. The molecule has 3 aromatic carbocycles. The number of nitrogens with zero attached hydrogens (tertiary/aromatic N) is 2. The zero-order valence-electron chi connectivity index (χ0n) is 16.1. The topological polar surface area (TPSA) is 85.6 Å². The standard InChI is InChI=1S/C20H19N2O4S2.Li/c1-21-16-17-10-8-9-15-20(17)22(27(23,24)18-11-4-2-5-12-18)28(25,26)19-13-6-3-7-14-19;/h2-15H,16H2,1H3;/q-1;+1. The van der Waals surface area contributed by atoms with Gasteiger partial charge in [0.2, 0.25) is 0 Å². The van der Waals surface area contributed by atoms with Crippen molar-refractivity contribution in [3.8, 4) is 0 Å². The number of hydrogen-bond acceptors (Lipinski definition) is 4. The van der Waals surface area contributed by atoms with Gasteiger partial charge in [-0.3, -0.25) is 0 Å². The van der Waals surface area contributed by atoms with Crippen LogP contribution < -0.4 is 22.6 Å². The van der Waals surface area contributed by atoms with E-state index in [1.54, 1.807) is 61.6 Å². The van der Waals surface area contributed by atoms with Crippen LogP contribution in [0.1, 0.15) is 5.56 Å². The summed E-state index contributed by atoms with van der Waals surface area (Å²) in [6, 6.07) is 21.5. The van der Waals surface area contributed by atoms with E-state index in [1.165, 1.54) is 30.3 Å². The van der Waals surface area contributed by atoms with Crippen molar-refractivity contribution in [2.45, 2.75) is 16.3 Å². The van der Waals surface area contributed by atoms with E-state index in [9.17, 15) is 16.8 Å². The molecule has 0 aliphatic rings. The predicted octanol–water partition coefficient (Wildman–Crippen LogP) is 0.778. The Balaban J connectivity index is 0.00000300. The Morgan fingerprint density at radius 2 is 1.10 bits per heavy atom. The van der Waals surface area contributed by atoms with Gasteiger partial charge in [0, 0.05) is 0 Å². The Labute approximate surface area is 183 Å². The summed E-state index contributed by atoms with van der Waals surface area (Å²) in [6.07, 6.45) is 0. The molecule has 0 aliphatic heterocycles. The van der Waals surface area contributed by atoms with E-state index in [2.05, 4.69) is 5.32 Å². The molecule has 0 fully saturated rings. The molecule has 0 saturated heterocycles. The van der Waals surface area contributed by atoms with Crippen LogP contribution in [0.5, 0.6) is 0 Å². The molecule has 0 amide bonds. The summed E-state index contributed by atoms with van der Waals surface area (Å²) in [6.45, 7) is 0.182. The summed E-state index contributed by atoms with van der Waals surface area (Å²) in [5.74, 6) is 0. The first-order chi connectivity index (χ1) is 13.4. The molecule has 0 saturated carbocycles. The molecule has 3 rings (SSSR count). The smallest absolute Gasteiger partial charge is 0.661 e. The van der Waals surface area contributed by atoms with Gasteiger partial charge in [0.1, 0.15) is 0 Å². The van der Waals surface area contributed by atoms with E-state index in [0.717, 1.165) is 0 Å². The minimum absolute atomic E-state index is 0. The van der Waals surface area contributed by atoms with Crippen molar-refractivity contribution in [3.63, 3.8) is 0 Å². The second kappa shape index (κ2) is 9.61. The van der Waals surface area contributed by atoms with Crippen molar-refractivity contribution in [2.24, 2.45) is 0 Å². The first-order valence-electron chi connectivity index (χ1n) is 8.43. The fourth-order valence-corrected chi connectivity index (χ4v) is 6.57. The molecule has 146 valence electrons. The van der Waals surface area contributed by atoms with Gasteiger partial charge < -0.3 is 5.32 Å². The first-order valence-corrected chi connectivity index (χ1v) is 11.3. The van der Waals surface area contributed by atoms with Gasteiger partial charge >= 0.3 is 18.9 Å². The van der Waals surface area contributed by atoms with Gasteiger partial charge in [0.25, 0.3) is 20.0 Å². The molecule has 0 aliphatic carbocycles. The average Bonchev–Trinajstić information content (AvgIpc) is 2.71. The van der Waals surface area contributed by atoms with Gasteiger partial charge in [0.05, 0.1) is 15.5 Å². The van der Waals surface area contributed by atoms with E-state index in [4.69, 9.17) is 0 Å². The summed E-state index contributed by atoms with van der Waals surface area (Å²) < 4.78 is 54.2. The molecule has 0 radical (unpaired) electrons. The summed E-state index contributed by atoms with van der Waals surface area (Å²) in [5, 5.41) is 4.04. The molecule has 0 bridgehead atoms. The zero-order chi connectivity index (χ0) is 20.2. The van der Waals surface area contributed by atoms with Crippen LogP contribution in [0.15, 0.2) is 94.7 Å². The van der Waals surface area contributed by atoms with Gasteiger partial charge in [-0.15, -0.1) is 6.54 Å². The molecule has 0 atom stereocenters. The van der Waals surface area contributed by atoms with Crippen molar-refractivity contribution >= 4 is 25.7 Å². The van der Waals surface area contributed by atoms with E-state index in [-0.39, 0.29) is 40.9 Å². The van der Waals surface area contributed by atoms with Crippen molar-refractivity contribution < 1.29 is 35.7 Å². The molecule has 29 heavy (non-hydrogen) atoms. The Morgan fingerprint density at radius 1 is 0.690 bits per heavy atom. The maximum absolute atomic E-state index is 13.4. The number of anilines is 1. The predicted molar refractivity (Wildman–Crippen MR) is 109 cm³/mol. The van der Waals surface area contributed by atoms with Crippen molar-refractivity contribution in [1.82, 2.24) is 0 Å². The number of rotatable bonds is 7. The maximum Gasteiger partial charge on any atom is 1.00 e. The molecule has 3 aromatic rings. The largest absolute Gasteiger partial charge is 1.00 e. The fraction of sp³-hybridized carbons (Fsp3) is 0.100. The number of hydrogen-bond donors (Lipinski definition) is 0. The van der Waals surface area contributed by atoms with E-state index < -0.39 is 20.0 Å². The van der Waals surface area contributed by atoms with E-state index >= 15 is 0 Å². The summed E-state index contributed by atoms with van der Waals surface area (Å²) >= 11 is 0. The SMILES string of the molecule is C[N-]Cc1ccccc1N(S(=O)(=O)c1ccccc1)S(=O)(=O)c1ccccc1.[Li+]. The summed E-state index contributed by atoms with van der Waals surface area (Å²) in [5.41, 5.74) is 0.546. The Kier molecular flexibility index (Phi) is 7.69. The average molecular weight is 422 g/mol. The summed E-state index contributed by atoms with van der Waals surface area (Å²) in [7, 11) is -7.21. The minimum Gasteiger partial charge on any atom is -0.661 e. The van der Waals surface area contributed by atoms with Gasteiger partial charge in [-0.2, -0.15) is 10.8 Å². The quantitative estimate of drug-likeness (QED) is 0.527. The normalized spacial score (nSPS) is 11.5. The third-order valence-corrected chi connectivity index (χ3v) is 8.22. The molecule has 0 unspecified atom stereocenters. The Morgan fingerprint density at radius 3 is 1.55 bits per heavy atom. The van der Waals surface area contributed by atoms with Crippen LogP contribution in [0.25, 0.3) is 5.32 Å². The third-order valence-electron chi connectivity index (χ3n) is 4.04. The molecule has 0 heterocycles. The Bertz CT molecular complexity index is 1080. The number of para-hydroxylation sites is 1. The van der Waals surface area contributed by atoms with E-state index in [0.29, 0.717) is 9.27 Å². The molecule has 9 heteroatoms.